The number of ether oxygens (including phenoxy) is 1. The molecule has 1 aromatic carbocycles. The number of halogens is 2. The van der Waals surface area contributed by atoms with Crippen LogP contribution < -0.4 is 4.74 Å². The minimum Gasteiger partial charge on any atom is -0.483 e. The minimum absolute atomic E-state index is 0.00399. The summed E-state index contributed by atoms with van der Waals surface area (Å²) in [5.74, 6) is 1.44. The summed E-state index contributed by atoms with van der Waals surface area (Å²) in [6.45, 7) is 0. The van der Waals surface area contributed by atoms with Crippen molar-refractivity contribution in [2.45, 2.75) is 10.3 Å². The van der Waals surface area contributed by atoms with Crippen molar-refractivity contribution in [3.8, 4) is 5.75 Å². The molecule has 0 aliphatic carbocycles. The van der Waals surface area contributed by atoms with Gasteiger partial charge in [0.15, 0.2) is 0 Å². The van der Waals surface area contributed by atoms with E-state index in [0.717, 1.165) is 23.4 Å². The van der Waals surface area contributed by atoms with Gasteiger partial charge in [-0.2, -0.15) is 0 Å². The number of hydrogen-bond donors (Lipinski definition) is 0. The van der Waals surface area contributed by atoms with E-state index in [2.05, 4.69) is 28.7 Å². The van der Waals surface area contributed by atoms with Crippen LogP contribution in [0.4, 0.5) is 0 Å². The van der Waals surface area contributed by atoms with Crippen LogP contribution in [0.1, 0.15) is 12.0 Å². The molecule has 20 heavy (non-hydrogen) atoms. The highest BCUT2D eigenvalue weighted by Gasteiger charge is 2.27. The number of alkyl halides is 1. The van der Waals surface area contributed by atoms with E-state index in [1.807, 2.05) is 18.4 Å². The molecule has 1 amide bonds. The molecule has 1 heterocycles. The molecule has 0 bridgehead atoms. The topological polar surface area (TPSA) is 29.5 Å². The first kappa shape index (κ1) is 16.0. The molecule has 1 aromatic rings. The normalized spacial score (nSPS) is 19.0. The highest BCUT2D eigenvalue weighted by molar-refractivity contribution is 14.1. The second-order valence-corrected chi connectivity index (χ2v) is 7.11. The zero-order chi connectivity index (χ0) is 14.7. The monoisotopic (exact) mass is 423 g/mol. The third-order valence-corrected chi connectivity index (χ3v) is 4.75. The summed E-state index contributed by atoms with van der Waals surface area (Å²) in [5, 5.41) is 0.599. The molecule has 6 heteroatoms. The largest absolute Gasteiger partial charge is 0.483 e. The van der Waals surface area contributed by atoms with Gasteiger partial charge in [-0.25, -0.2) is 0 Å². The lowest BCUT2D eigenvalue weighted by Crippen LogP contribution is -2.35. The molecule has 0 saturated heterocycles. The first-order chi connectivity index (χ1) is 9.54. The number of benzene rings is 1. The molecule has 0 saturated carbocycles. The average Bonchev–Trinajstić information content (AvgIpc) is 2.44. The summed E-state index contributed by atoms with van der Waals surface area (Å²) >= 11 is 10.1. The highest BCUT2D eigenvalue weighted by atomic mass is 127. The van der Waals surface area contributed by atoms with Crippen LogP contribution in [0.2, 0.25) is 5.02 Å². The lowest BCUT2D eigenvalue weighted by molar-refractivity contribution is -0.126. The number of nitrogens with zero attached hydrogens (tertiary/aromatic N) is 1. The van der Waals surface area contributed by atoms with E-state index in [4.69, 9.17) is 16.3 Å². The fraction of sp³-hybridized carbons (Fsp3) is 0.357. The smallest absolute Gasteiger partial charge is 0.240 e. The first-order valence-electron chi connectivity index (χ1n) is 6.08. The molecule has 0 spiro atoms. The third kappa shape index (κ3) is 3.43. The Morgan fingerprint density at radius 1 is 1.55 bits per heavy atom. The van der Waals surface area contributed by atoms with Crippen molar-refractivity contribution in [3.05, 3.63) is 34.9 Å². The first-order valence-corrected chi connectivity index (χ1v) is 9.09. The standard InChI is InChI=1S/C14H15ClINO2S/c1-17-13(6-5-12(16)14(17)18)10-4-3-9(7-11(10)15)19-8-20-2/h3-4,6-7,12H,5,8H2,1-2H3. The number of rotatable bonds is 4. The van der Waals surface area contributed by atoms with E-state index in [1.165, 1.54) is 0 Å². The molecular formula is C14H15ClINO2S. The molecule has 0 fully saturated rings. The van der Waals surface area contributed by atoms with E-state index in [1.54, 1.807) is 29.8 Å². The van der Waals surface area contributed by atoms with Crippen LogP contribution in [0.5, 0.6) is 5.75 Å². The lowest BCUT2D eigenvalue weighted by atomic mass is 10.0. The van der Waals surface area contributed by atoms with Gasteiger partial charge in [0.05, 0.1) is 8.95 Å². The van der Waals surface area contributed by atoms with Gasteiger partial charge in [-0.05, 0) is 30.9 Å². The van der Waals surface area contributed by atoms with Gasteiger partial charge in [0.1, 0.15) is 11.7 Å². The minimum atomic E-state index is 0.00399. The molecule has 1 unspecified atom stereocenters. The van der Waals surface area contributed by atoms with Crippen molar-refractivity contribution in [3.63, 3.8) is 0 Å². The number of carbonyl (C=O) groups is 1. The van der Waals surface area contributed by atoms with E-state index in [0.29, 0.717) is 11.0 Å². The summed E-state index contributed by atoms with van der Waals surface area (Å²) < 4.78 is 5.52. The number of thioether (sulfide) groups is 1. The molecule has 0 radical (unpaired) electrons. The Hall–Kier alpha value is -0.400. The van der Waals surface area contributed by atoms with E-state index < -0.39 is 0 Å². The molecule has 1 atom stereocenters. The van der Waals surface area contributed by atoms with Crippen LogP contribution in [0.15, 0.2) is 24.3 Å². The number of hydrogen-bond acceptors (Lipinski definition) is 3. The van der Waals surface area contributed by atoms with Gasteiger partial charge in [-0.3, -0.25) is 4.79 Å². The van der Waals surface area contributed by atoms with Crippen molar-refractivity contribution in [1.29, 1.82) is 0 Å². The number of carbonyl (C=O) groups excluding carboxylic acids is 1. The Morgan fingerprint density at radius 3 is 2.95 bits per heavy atom. The van der Waals surface area contributed by atoms with Gasteiger partial charge in [-0.1, -0.05) is 40.3 Å². The third-order valence-electron chi connectivity index (χ3n) is 3.04. The van der Waals surface area contributed by atoms with Crippen LogP contribution in [-0.4, -0.2) is 34.0 Å². The summed E-state index contributed by atoms with van der Waals surface area (Å²) in [6.07, 6.45) is 4.77. The Bertz CT molecular complexity index is 550. The Balaban J connectivity index is 2.27. The molecule has 2 rings (SSSR count). The zero-order valence-electron chi connectivity index (χ0n) is 11.2. The zero-order valence-corrected chi connectivity index (χ0v) is 15.0. The van der Waals surface area contributed by atoms with Crippen molar-refractivity contribution in [1.82, 2.24) is 4.90 Å². The molecule has 0 N–H and O–H groups in total. The highest BCUT2D eigenvalue weighted by Crippen LogP contribution is 2.33. The molecule has 3 nitrogen and oxygen atoms in total. The van der Waals surface area contributed by atoms with Crippen molar-refractivity contribution < 1.29 is 9.53 Å². The summed E-state index contributed by atoms with van der Waals surface area (Å²) in [4.78, 5) is 13.7. The molecular weight excluding hydrogens is 409 g/mol. The predicted octanol–water partition coefficient (Wildman–Crippen LogP) is 4.05. The number of amides is 1. The Kier molecular flexibility index (Phi) is 5.63. The molecule has 0 aromatic heterocycles. The van der Waals surface area contributed by atoms with Gasteiger partial charge < -0.3 is 9.64 Å². The molecule has 108 valence electrons. The van der Waals surface area contributed by atoms with Gasteiger partial charge in [0.2, 0.25) is 5.91 Å². The summed E-state index contributed by atoms with van der Waals surface area (Å²) in [7, 11) is 1.79. The maximum Gasteiger partial charge on any atom is 0.240 e. The van der Waals surface area contributed by atoms with Crippen LogP contribution in [0, 0.1) is 0 Å². The predicted molar refractivity (Wildman–Crippen MR) is 93.6 cm³/mol. The van der Waals surface area contributed by atoms with Crippen molar-refractivity contribution in [2.24, 2.45) is 0 Å². The summed E-state index contributed by atoms with van der Waals surface area (Å²) in [5.41, 5.74) is 1.73. The second-order valence-electron chi connectivity index (χ2n) is 4.38. The summed E-state index contributed by atoms with van der Waals surface area (Å²) in [6, 6.07) is 5.58. The maximum absolute atomic E-state index is 12.0. The Labute approximate surface area is 141 Å². The SMILES string of the molecule is CSCOc1ccc(C2=CCC(I)C(=O)N2C)c(Cl)c1. The van der Waals surface area contributed by atoms with Gasteiger partial charge in [-0.15, -0.1) is 11.8 Å². The van der Waals surface area contributed by atoms with Gasteiger partial charge in [0, 0.05) is 18.3 Å². The van der Waals surface area contributed by atoms with Gasteiger partial charge >= 0.3 is 0 Å². The van der Waals surface area contributed by atoms with E-state index in [9.17, 15) is 4.79 Å². The van der Waals surface area contributed by atoms with Crippen molar-refractivity contribution in [2.75, 3.05) is 19.2 Å². The van der Waals surface area contributed by atoms with Crippen molar-refractivity contribution >= 4 is 57.6 Å². The Morgan fingerprint density at radius 2 is 2.30 bits per heavy atom. The van der Waals surface area contributed by atoms with Crippen LogP contribution in [0.3, 0.4) is 0 Å². The van der Waals surface area contributed by atoms with E-state index >= 15 is 0 Å². The fourth-order valence-corrected chi connectivity index (χ4v) is 3.19. The lowest BCUT2D eigenvalue weighted by Gasteiger charge is -2.28. The average molecular weight is 424 g/mol. The van der Waals surface area contributed by atoms with Crippen LogP contribution >= 0.6 is 46.0 Å². The van der Waals surface area contributed by atoms with Gasteiger partial charge in [0.25, 0.3) is 0 Å². The van der Waals surface area contributed by atoms with Crippen LogP contribution in [-0.2, 0) is 4.79 Å². The van der Waals surface area contributed by atoms with E-state index in [-0.39, 0.29) is 9.83 Å². The number of allylic oxidation sites excluding steroid dienone is 1. The molecule has 1 aliphatic rings. The quantitative estimate of drug-likeness (QED) is 0.416. The molecule has 1 aliphatic heterocycles. The maximum atomic E-state index is 12.0. The van der Waals surface area contributed by atoms with Crippen LogP contribution in [0.25, 0.3) is 5.70 Å². The second kappa shape index (κ2) is 7.04. The fourth-order valence-electron chi connectivity index (χ4n) is 1.99.